The lowest BCUT2D eigenvalue weighted by atomic mass is 10.1. The highest BCUT2D eigenvalue weighted by atomic mass is 127. The molecule has 20 heavy (non-hydrogen) atoms. The van der Waals surface area contributed by atoms with Gasteiger partial charge >= 0.3 is 0 Å². The van der Waals surface area contributed by atoms with Gasteiger partial charge in [-0.15, -0.1) is 0 Å². The topological polar surface area (TPSA) is 55.2 Å². The van der Waals surface area contributed by atoms with Crippen molar-refractivity contribution in [3.05, 3.63) is 20.0 Å². The Kier molecular flexibility index (Phi) is 5.27. The molecule has 2 rings (SSSR count). The molecule has 1 aromatic heterocycles. The first kappa shape index (κ1) is 16.0. The Morgan fingerprint density at radius 2 is 2.15 bits per heavy atom. The summed E-state index contributed by atoms with van der Waals surface area (Å²) in [5.74, 6) is -0.112. The number of aromatic hydroxyl groups is 1. The maximum absolute atomic E-state index is 14.3. The monoisotopic (exact) mass is 428 g/mol. The van der Waals surface area contributed by atoms with Crippen LogP contribution in [0.5, 0.6) is 5.88 Å². The normalized spacial score (nSPS) is 11.2. The first-order chi connectivity index (χ1) is 9.51. The van der Waals surface area contributed by atoms with Gasteiger partial charge in [0.05, 0.1) is 20.6 Å². The molecule has 2 aromatic rings. The Hall–Kier alpha value is -0.380. The van der Waals surface area contributed by atoms with E-state index in [0.717, 1.165) is 5.75 Å². The molecule has 0 saturated heterocycles. The van der Waals surface area contributed by atoms with Crippen LogP contribution in [0.2, 0.25) is 5.02 Å². The van der Waals surface area contributed by atoms with Crippen molar-refractivity contribution in [1.29, 1.82) is 0 Å². The number of thioether (sulfide) groups is 1. The van der Waals surface area contributed by atoms with Gasteiger partial charge in [0.2, 0.25) is 5.88 Å². The van der Waals surface area contributed by atoms with Crippen molar-refractivity contribution in [2.75, 3.05) is 12.9 Å². The SMILES string of the molecule is CCSc1nc(O)c2c(COC)c(Cl)c(I)c(F)c2n1. The number of aromatic nitrogens is 2. The molecule has 1 N–H and O–H groups in total. The molecular formula is C12H11ClFIN2O2S. The molecule has 0 aliphatic rings. The number of ether oxygens (including phenoxy) is 1. The number of fused-ring (bicyclic) bond motifs is 1. The lowest BCUT2D eigenvalue weighted by molar-refractivity contribution is 0.185. The molecule has 8 heteroatoms. The van der Waals surface area contributed by atoms with Gasteiger partial charge in [0, 0.05) is 12.7 Å². The highest BCUT2D eigenvalue weighted by Crippen LogP contribution is 2.37. The second kappa shape index (κ2) is 6.59. The van der Waals surface area contributed by atoms with Crippen LogP contribution in [0.15, 0.2) is 5.16 Å². The van der Waals surface area contributed by atoms with Gasteiger partial charge in [-0.05, 0) is 28.3 Å². The van der Waals surface area contributed by atoms with E-state index in [9.17, 15) is 9.50 Å². The Morgan fingerprint density at radius 3 is 2.75 bits per heavy atom. The van der Waals surface area contributed by atoms with Crippen molar-refractivity contribution in [3.63, 3.8) is 0 Å². The van der Waals surface area contributed by atoms with Crippen LogP contribution in [-0.2, 0) is 11.3 Å². The molecular weight excluding hydrogens is 418 g/mol. The number of rotatable bonds is 4. The predicted octanol–water partition coefficient (Wildman–Crippen LogP) is 3.99. The van der Waals surface area contributed by atoms with E-state index in [0.29, 0.717) is 10.7 Å². The standard InChI is InChI=1S/C12H11ClFIN2O2S/c1-3-20-12-16-10-6(11(18)17-12)5(4-19-2)7(13)9(15)8(10)14/h3-4H2,1-2H3,(H,16,17,18). The van der Waals surface area contributed by atoms with E-state index in [1.165, 1.54) is 18.9 Å². The van der Waals surface area contributed by atoms with Crippen LogP contribution in [0, 0.1) is 9.39 Å². The van der Waals surface area contributed by atoms with E-state index in [4.69, 9.17) is 16.3 Å². The number of hydrogen-bond donors (Lipinski definition) is 1. The first-order valence-corrected chi connectivity index (χ1v) is 8.13. The second-order valence-corrected chi connectivity index (χ2v) is 6.53. The number of methoxy groups -OCH3 is 1. The summed E-state index contributed by atoms with van der Waals surface area (Å²) < 4.78 is 19.7. The Balaban J connectivity index is 2.85. The van der Waals surface area contributed by atoms with E-state index < -0.39 is 5.82 Å². The van der Waals surface area contributed by atoms with Crippen molar-refractivity contribution in [3.8, 4) is 5.88 Å². The molecule has 0 saturated carbocycles. The predicted molar refractivity (Wildman–Crippen MR) is 86.0 cm³/mol. The van der Waals surface area contributed by atoms with Crippen LogP contribution < -0.4 is 0 Å². The molecule has 0 amide bonds. The van der Waals surface area contributed by atoms with Crippen molar-refractivity contribution in [1.82, 2.24) is 9.97 Å². The number of hydrogen-bond acceptors (Lipinski definition) is 5. The fourth-order valence-corrected chi connectivity index (χ4v) is 3.16. The van der Waals surface area contributed by atoms with Crippen LogP contribution in [0.3, 0.4) is 0 Å². The van der Waals surface area contributed by atoms with E-state index in [1.807, 2.05) is 29.5 Å². The molecule has 0 atom stereocenters. The third-order valence-electron chi connectivity index (χ3n) is 2.59. The van der Waals surface area contributed by atoms with Crippen LogP contribution in [0.25, 0.3) is 10.9 Å². The lowest BCUT2D eigenvalue weighted by Crippen LogP contribution is -2.01. The highest BCUT2D eigenvalue weighted by Gasteiger charge is 2.22. The number of benzene rings is 1. The summed E-state index contributed by atoms with van der Waals surface area (Å²) in [5.41, 5.74) is 0.551. The summed E-state index contributed by atoms with van der Waals surface area (Å²) in [6, 6.07) is 0. The maximum Gasteiger partial charge on any atom is 0.223 e. The smallest absolute Gasteiger partial charge is 0.223 e. The van der Waals surface area contributed by atoms with Gasteiger partial charge in [-0.1, -0.05) is 30.3 Å². The summed E-state index contributed by atoms with van der Waals surface area (Å²) in [5, 5.41) is 10.8. The van der Waals surface area contributed by atoms with Gasteiger partial charge in [-0.2, -0.15) is 4.98 Å². The zero-order valence-corrected chi connectivity index (χ0v) is 14.4. The van der Waals surface area contributed by atoms with Crippen molar-refractivity contribution < 1.29 is 14.2 Å². The van der Waals surface area contributed by atoms with E-state index >= 15 is 0 Å². The maximum atomic E-state index is 14.3. The Labute approximate surface area is 138 Å². The highest BCUT2D eigenvalue weighted by molar-refractivity contribution is 14.1. The summed E-state index contributed by atoms with van der Waals surface area (Å²) in [6.07, 6.45) is 0. The van der Waals surface area contributed by atoms with E-state index in [2.05, 4.69) is 9.97 Å². The van der Waals surface area contributed by atoms with Gasteiger partial charge in [0.15, 0.2) is 11.0 Å². The molecule has 0 aliphatic heterocycles. The fraction of sp³-hybridized carbons (Fsp3) is 0.333. The van der Waals surface area contributed by atoms with Gasteiger partial charge in [-0.3, -0.25) is 0 Å². The number of halogens is 3. The Morgan fingerprint density at radius 1 is 1.45 bits per heavy atom. The summed E-state index contributed by atoms with van der Waals surface area (Å²) in [7, 11) is 1.50. The zero-order valence-electron chi connectivity index (χ0n) is 10.7. The minimum Gasteiger partial charge on any atom is -0.493 e. The third kappa shape index (κ3) is 2.81. The molecule has 0 spiro atoms. The number of nitrogens with zero attached hydrogens (tertiary/aromatic N) is 2. The zero-order chi connectivity index (χ0) is 14.9. The largest absolute Gasteiger partial charge is 0.493 e. The molecule has 0 radical (unpaired) electrons. The second-order valence-electron chi connectivity index (χ2n) is 3.84. The molecule has 108 valence electrons. The van der Waals surface area contributed by atoms with Crippen molar-refractivity contribution >= 4 is 56.9 Å². The van der Waals surface area contributed by atoms with Gasteiger partial charge in [0.1, 0.15) is 5.52 Å². The molecule has 0 unspecified atom stereocenters. The summed E-state index contributed by atoms with van der Waals surface area (Å²) in [6.45, 7) is 2.07. The van der Waals surface area contributed by atoms with Crippen LogP contribution in [-0.4, -0.2) is 27.9 Å². The first-order valence-electron chi connectivity index (χ1n) is 5.69. The molecule has 4 nitrogen and oxygen atoms in total. The van der Waals surface area contributed by atoms with Gasteiger partial charge in [0.25, 0.3) is 0 Å². The molecule has 0 bridgehead atoms. The van der Waals surface area contributed by atoms with Crippen molar-refractivity contribution in [2.24, 2.45) is 0 Å². The molecule has 0 aliphatic carbocycles. The summed E-state index contributed by atoms with van der Waals surface area (Å²) >= 11 is 9.27. The van der Waals surface area contributed by atoms with E-state index in [-0.39, 0.29) is 32.0 Å². The lowest BCUT2D eigenvalue weighted by Gasteiger charge is -2.12. The fourth-order valence-electron chi connectivity index (χ4n) is 1.78. The molecule has 0 fully saturated rings. The van der Waals surface area contributed by atoms with Crippen LogP contribution >= 0.6 is 46.0 Å². The van der Waals surface area contributed by atoms with Gasteiger partial charge < -0.3 is 9.84 Å². The minimum absolute atomic E-state index is 0.0642. The van der Waals surface area contributed by atoms with Crippen LogP contribution in [0.1, 0.15) is 12.5 Å². The average molecular weight is 429 g/mol. The quantitative estimate of drug-likeness (QED) is 0.345. The Bertz CT molecular complexity index is 672. The third-order valence-corrected chi connectivity index (χ3v) is 5.07. The van der Waals surface area contributed by atoms with Gasteiger partial charge in [-0.25, -0.2) is 9.37 Å². The molecule has 1 heterocycles. The molecule has 1 aromatic carbocycles. The van der Waals surface area contributed by atoms with E-state index in [1.54, 1.807) is 0 Å². The van der Waals surface area contributed by atoms with Crippen LogP contribution in [0.4, 0.5) is 4.39 Å². The summed E-state index contributed by atoms with van der Waals surface area (Å²) in [4.78, 5) is 8.14. The van der Waals surface area contributed by atoms with Crippen molar-refractivity contribution in [2.45, 2.75) is 18.7 Å². The minimum atomic E-state index is -0.555. The average Bonchev–Trinajstić information content (AvgIpc) is 2.41.